The number of rotatable bonds is 4. The number of amides is 1. The Kier molecular flexibility index (Phi) is 6.06. The van der Waals surface area contributed by atoms with E-state index in [4.69, 9.17) is 11.6 Å². The van der Waals surface area contributed by atoms with Gasteiger partial charge in [-0.15, -0.1) is 0 Å². The van der Waals surface area contributed by atoms with E-state index in [1.807, 2.05) is 58.0 Å². The van der Waals surface area contributed by atoms with Crippen LogP contribution in [0.15, 0.2) is 40.2 Å². The first-order chi connectivity index (χ1) is 13.2. The molecule has 2 heterocycles. The molecule has 1 aromatic carbocycles. The first-order valence-corrected chi connectivity index (χ1v) is 10.6. The van der Waals surface area contributed by atoms with Crippen molar-refractivity contribution in [3.8, 4) is 5.69 Å². The molecule has 1 amide bonds. The molecule has 0 bridgehead atoms. The Labute approximate surface area is 176 Å². The average molecular weight is 416 g/mol. The summed E-state index contributed by atoms with van der Waals surface area (Å²) in [6.07, 6.45) is 1.99. The third-order valence-corrected chi connectivity index (χ3v) is 5.81. The monoisotopic (exact) mass is 415 g/mol. The van der Waals surface area contributed by atoms with Crippen molar-refractivity contribution in [2.45, 2.75) is 53.6 Å². The minimum Gasteiger partial charge on any atom is -0.318 e. The van der Waals surface area contributed by atoms with Gasteiger partial charge in [-0.25, -0.2) is 0 Å². The molecule has 1 aliphatic rings. The Balaban J connectivity index is 2.01. The van der Waals surface area contributed by atoms with Gasteiger partial charge in [-0.1, -0.05) is 11.6 Å². The van der Waals surface area contributed by atoms with Gasteiger partial charge in [-0.3, -0.25) is 14.7 Å². The van der Waals surface area contributed by atoms with Gasteiger partial charge in [-0.2, -0.15) is 0 Å². The van der Waals surface area contributed by atoms with Crippen LogP contribution in [0.5, 0.6) is 0 Å². The van der Waals surface area contributed by atoms with Crippen molar-refractivity contribution in [2.75, 3.05) is 0 Å². The van der Waals surface area contributed by atoms with Crippen LogP contribution in [0.3, 0.4) is 0 Å². The van der Waals surface area contributed by atoms with Crippen molar-refractivity contribution >= 4 is 40.5 Å². The number of aromatic nitrogens is 1. The number of thioether (sulfide) groups is 1. The van der Waals surface area contributed by atoms with E-state index < -0.39 is 0 Å². The van der Waals surface area contributed by atoms with E-state index in [0.29, 0.717) is 9.93 Å². The van der Waals surface area contributed by atoms with Crippen molar-refractivity contribution in [1.29, 1.82) is 0 Å². The Morgan fingerprint density at radius 3 is 2.32 bits per heavy atom. The predicted molar refractivity (Wildman–Crippen MR) is 120 cm³/mol. The van der Waals surface area contributed by atoms with E-state index in [1.54, 1.807) is 4.90 Å². The number of carbonyl (C=O) groups is 1. The molecule has 28 heavy (non-hydrogen) atoms. The standard InChI is InChI=1S/C22H26ClN3OS/c1-13(2)24-22-25(14(3)4)21(27)20(28-22)12-17-11-15(5)26(16(17)6)19-9-7-18(23)8-10-19/h7-14H,1-6H3/b20-12-,24-22?. The topological polar surface area (TPSA) is 37.6 Å². The fraction of sp³-hybridized carbons (Fsp3) is 0.364. The number of amidine groups is 1. The molecule has 3 rings (SSSR count). The summed E-state index contributed by atoms with van der Waals surface area (Å²) in [5.41, 5.74) is 4.29. The number of nitrogens with zero attached hydrogens (tertiary/aromatic N) is 3. The maximum atomic E-state index is 13.0. The number of carbonyl (C=O) groups excluding carboxylic acids is 1. The number of aliphatic imine (C=N–C) groups is 1. The Morgan fingerprint density at radius 1 is 1.11 bits per heavy atom. The molecule has 0 saturated carbocycles. The fourth-order valence-electron chi connectivity index (χ4n) is 3.32. The first kappa shape index (κ1) is 20.7. The highest BCUT2D eigenvalue weighted by atomic mass is 35.5. The summed E-state index contributed by atoms with van der Waals surface area (Å²) >= 11 is 7.49. The maximum absolute atomic E-state index is 13.0. The van der Waals surface area contributed by atoms with Crippen LogP contribution >= 0.6 is 23.4 Å². The summed E-state index contributed by atoms with van der Waals surface area (Å²) in [5.74, 6) is 0.0238. The minimum atomic E-state index is 0.0238. The molecule has 0 N–H and O–H groups in total. The molecule has 0 atom stereocenters. The molecule has 1 aliphatic heterocycles. The summed E-state index contributed by atoms with van der Waals surface area (Å²) in [7, 11) is 0. The maximum Gasteiger partial charge on any atom is 0.266 e. The molecule has 0 aliphatic carbocycles. The number of hydrogen-bond donors (Lipinski definition) is 0. The van der Waals surface area contributed by atoms with Crippen LogP contribution in [0.25, 0.3) is 11.8 Å². The number of aryl methyl sites for hydroxylation is 1. The van der Waals surface area contributed by atoms with Gasteiger partial charge in [0.2, 0.25) is 0 Å². The van der Waals surface area contributed by atoms with E-state index in [-0.39, 0.29) is 18.0 Å². The molecule has 4 nitrogen and oxygen atoms in total. The van der Waals surface area contributed by atoms with Crippen LogP contribution in [-0.2, 0) is 4.79 Å². The third-order valence-electron chi connectivity index (χ3n) is 4.56. The van der Waals surface area contributed by atoms with Gasteiger partial charge < -0.3 is 4.57 Å². The number of benzene rings is 1. The zero-order valence-corrected chi connectivity index (χ0v) is 18.7. The fourth-order valence-corrected chi connectivity index (χ4v) is 4.67. The second-order valence-electron chi connectivity index (χ2n) is 7.52. The lowest BCUT2D eigenvalue weighted by Crippen LogP contribution is -2.35. The molecule has 1 fully saturated rings. The second-order valence-corrected chi connectivity index (χ2v) is 8.97. The van der Waals surface area contributed by atoms with Crippen LogP contribution in [0, 0.1) is 13.8 Å². The van der Waals surface area contributed by atoms with Crippen molar-refractivity contribution in [3.63, 3.8) is 0 Å². The molecule has 1 aromatic heterocycles. The van der Waals surface area contributed by atoms with Crippen molar-refractivity contribution in [1.82, 2.24) is 9.47 Å². The molecule has 148 valence electrons. The lowest BCUT2D eigenvalue weighted by Gasteiger charge is -2.20. The predicted octanol–water partition coefficient (Wildman–Crippen LogP) is 5.84. The van der Waals surface area contributed by atoms with Crippen LogP contribution < -0.4 is 0 Å². The second kappa shape index (κ2) is 8.18. The van der Waals surface area contributed by atoms with E-state index in [0.717, 1.165) is 27.8 Å². The number of hydrogen-bond acceptors (Lipinski definition) is 3. The number of halogens is 1. The van der Waals surface area contributed by atoms with Gasteiger partial charge in [0.15, 0.2) is 5.17 Å². The summed E-state index contributed by atoms with van der Waals surface area (Å²) in [5, 5.41) is 1.50. The van der Waals surface area contributed by atoms with Crippen molar-refractivity contribution in [2.24, 2.45) is 4.99 Å². The highest BCUT2D eigenvalue weighted by Crippen LogP contribution is 2.35. The molecule has 0 radical (unpaired) electrons. The molecule has 6 heteroatoms. The van der Waals surface area contributed by atoms with Crippen LogP contribution in [0.4, 0.5) is 0 Å². The Morgan fingerprint density at radius 2 is 1.75 bits per heavy atom. The van der Waals surface area contributed by atoms with Crippen LogP contribution in [-0.4, -0.2) is 32.6 Å². The van der Waals surface area contributed by atoms with E-state index in [2.05, 4.69) is 29.5 Å². The average Bonchev–Trinajstić information content (AvgIpc) is 3.05. The molecular weight excluding hydrogens is 390 g/mol. The minimum absolute atomic E-state index is 0.0238. The van der Waals surface area contributed by atoms with E-state index >= 15 is 0 Å². The SMILES string of the molecule is Cc1cc(/C=C2\SC(=NC(C)C)N(C(C)C)C2=O)c(C)n1-c1ccc(Cl)cc1. The molecule has 2 aromatic rings. The smallest absolute Gasteiger partial charge is 0.266 e. The normalized spacial score (nSPS) is 17.8. The van der Waals surface area contributed by atoms with Gasteiger partial charge in [0.25, 0.3) is 5.91 Å². The van der Waals surface area contributed by atoms with Gasteiger partial charge in [-0.05, 0) is 95.3 Å². The zero-order chi connectivity index (χ0) is 20.6. The van der Waals surface area contributed by atoms with Gasteiger partial charge in [0, 0.05) is 34.2 Å². The highest BCUT2D eigenvalue weighted by molar-refractivity contribution is 8.18. The van der Waals surface area contributed by atoms with Gasteiger partial charge >= 0.3 is 0 Å². The summed E-state index contributed by atoms with van der Waals surface area (Å²) < 4.78 is 2.18. The van der Waals surface area contributed by atoms with Crippen molar-refractivity contribution < 1.29 is 4.79 Å². The molecule has 1 saturated heterocycles. The largest absolute Gasteiger partial charge is 0.318 e. The summed E-state index contributed by atoms with van der Waals surface area (Å²) in [6, 6.07) is 10.1. The Hall–Kier alpha value is -1.98. The lowest BCUT2D eigenvalue weighted by molar-refractivity contribution is -0.123. The van der Waals surface area contributed by atoms with Crippen molar-refractivity contribution in [3.05, 3.63) is 57.2 Å². The van der Waals surface area contributed by atoms with Gasteiger partial charge in [0.1, 0.15) is 0 Å². The third kappa shape index (κ3) is 4.06. The van der Waals surface area contributed by atoms with E-state index in [9.17, 15) is 4.79 Å². The summed E-state index contributed by atoms with van der Waals surface area (Å²) in [6.45, 7) is 12.2. The summed E-state index contributed by atoms with van der Waals surface area (Å²) in [4.78, 5) is 20.1. The van der Waals surface area contributed by atoms with Crippen LogP contribution in [0.2, 0.25) is 5.02 Å². The molecular formula is C22H26ClN3OS. The zero-order valence-electron chi connectivity index (χ0n) is 17.2. The quantitative estimate of drug-likeness (QED) is 0.588. The van der Waals surface area contributed by atoms with E-state index in [1.165, 1.54) is 11.8 Å². The van der Waals surface area contributed by atoms with Crippen LogP contribution in [0.1, 0.15) is 44.6 Å². The molecule has 0 unspecified atom stereocenters. The Bertz CT molecular complexity index is 955. The highest BCUT2D eigenvalue weighted by Gasteiger charge is 2.35. The lowest BCUT2D eigenvalue weighted by atomic mass is 10.2. The molecule has 0 spiro atoms. The first-order valence-electron chi connectivity index (χ1n) is 9.44. The van der Waals surface area contributed by atoms with Gasteiger partial charge in [0.05, 0.1) is 4.91 Å².